The molecule has 2 nitrogen and oxygen atoms in total. The third-order valence-electron chi connectivity index (χ3n) is 2.52. The van der Waals surface area contributed by atoms with Crippen LogP contribution in [0.5, 0.6) is 0 Å². The van der Waals surface area contributed by atoms with Gasteiger partial charge in [0.15, 0.2) is 0 Å². The molecule has 1 rings (SSSR count). The maximum Gasteiger partial charge on any atom is 0.113 e. The molecule has 0 saturated heterocycles. The summed E-state index contributed by atoms with van der Waals surface area (Å²) in [4.78, 5) is 1.00. The number of aryl methyl sites for hydroxylation is 1. The van der Waals surface area contributed by atoms with Crippen LogP contribution in [0.25, 0.3) is 0 Å². The van der Waals surface area contributed by atoms with Gasteiger partial charge in [-0.3, -0.25) is 0 Å². The van der Waals surface area contributed by atoms with Crippen LogP contribution in [0, 0.1) is 12.8 Å². The van der Waals surface area contributed by atoms with Gasteiger partial charge in [-0.05, 0) is 29.9 Å². The fourth-order valence-corrected chi connectivity index (χ4v) is 2.59. The SMILES string of the molecule is Cc1ccsc1C(O)(CN)C(C)C. The first-order valence-electron chi connectivity index (χ1n) is 4.49. The molecule has 0 radical (unpaired) electrons. The largest absolute Gasteiger partial charge is 0.383 e. The summed E-state index contributed by atoms with van der Waals surface area (Å²) >= 11 is 1.58. The topological polar surface area (TPSA) is 46.2 Å². The van der Waals surface area contributed by atoms with Crippen molar-refractivity contribution in [3.05, 3.63) is 21.9 Å². The van der Waals surface area contributed by atoms with Crippen LogP contribution in [-0.2, 0) is 5.60 Å². The van der Waals surface area contributed by atoms with Crippen molar-refractivity contribution >= 4 is 11.3 Å². The Balaban J connectivity index is 3.10. The molecule has 0 aromatic carbocycles. The molecule has 1 heterocycles. The van der Waals surface area contributed by atoms with Gasteiger partial charge < -0.3 is 10.8 Å². The lowest BCUT2D eigenvalue weighted by Gasteiger charge is -2.30. The summed E-state index contributed by atoms with van der Waals surface area (Å²) in [6.45, 7) is 6.28. The molecule has 0 bridgehead atoms. The van der Waals surface area contributed by atoms with Crippen LogP contribution in [0.15, 0.2) is 11.4 Å². The molecule has 0 amide bonds. The summed E-state index contributed by atoms with van der Waals surface area (Å²) in [6.07, 6.45) is 0. The molecule has 0 aliphatic rings. The molecule has 0 spiro atoms. The van der Waals surface area contributed by atoms with Gasteiger partial charge in [0.1, 0.15) is 5.60 Å². The zero-order chi connectivity index (χ0) is 10.1. The fourth-order valence-electron chi connectivity index (χ4n) is 1.41. The molecule has 0 fully saturated rings. The van der Waals surface area contributed by atoms with Crippen LogP contribution in [-0.4, -0.2) is 11.7 Å². The van der Waals surface area contributed by atoms with Crippen LogP contribution >= 0.6 is 11.3 Å². The van der Waals surface area contributed by atoms with Crippen molar-refractivity contribution in [1.29, 1.82) is 0 Å². The van der Waals surface area contributed by atoms with E-state index in [1.54, 1.807) is 11.3 Å². The predicted octanol–water partition coefficient (Wildman–Crippen LogP) is 1.86. The highest BCUT2D eigenvalue weighted by Gasteiger charge is 2.33. The van der Waals surface area contributed by atoms with Gasteiger partial charge in [0.2, 0.25) is 0 Å². The number of rotatable bonds is 3. The third-order valence-corrected chi connectivity index (χ3v) is 3.70. The van der Waals surface area contributed by atoms with E-state index in [9.17, 15) is 5.11 Å². The van der Waals surface area contributed by atoms with Crippen molar-refractivity contribution in [3.63, 3.8) is 0 Å². The minimum atomic E-state index is -0.849. The van der Waals surface area contributed by atoms with Gasteiger partial charge in [-0.25, -0.2) is 0 Å². The summed E-state index contributed by atoms with van der Waals surface area (Å²) in [5.74, 6) is 0.148. The van der Waals surface area contributed by atoms with Crippen molar-refractivity contribution in [2.45, 2.75) is 26.4 Å². The number of hydrogen-bond donors (Lipinski definition) is 2. The first-order chi connectivity index (χ1) is 6.02. The summed E-state index contributed by atoms with van der Waals surface area (Å²) < 4.78 is 0. The number of nitrogens with two attached hydrogens (primary N) is 1. The van der Waals surface area contributed by atoms with Crippen LogP contribution < -0.4 is 5.73 Å². The predicted molar refractivity (Wildman–Crippen MR) is 56.8 cm³/mol. The van der Waals surface area contributed by atoms with E-state index in [1.165, 1.54) is 0 Å². The van der Waals surface area contributed by atoms with Crippen molar-refractivity contribution < 1.29 is 5.11 Å². The van der Waals surface area contributed by atoms with Crippen LogP contribution in [0.1, 0.15) is 24.3 Å². The second kappa shape index (κ2) is 3.78. The van der Waals surface area contributed by atoms with Crippen molar-refractivity contribution in [1.82, 2.24) is 0 Å². The number of thiophene rings is 1. The highest BCUT2D eigenvalue weighted by Crippen LogP contribution is 2.34. The van der Waals surface area contributed by atoms with Gasteiger partial charge in [0, 0.05) is 11.4 Å². The van der Waals surface area contributed by atoms with Gasteiger partial charge >= 0.3 is 0 Å². The lowest BCUT2D eigenvalue weighted by atomic mass is 9.87. The standard InChI is InChI=1S/C10H17NOS/c1-7(2)10(12,6-11)9-8(3)4-5-13-9/h4-5,7,12H,6,11H2,1-3H3. The zero-order valence-corrected chi connectivity index (χ0v) is 9.19. The molecule has 0 saturated carbocycles. The van der Waals surface area contributed by atoms with E-state index >= 15 is 0 Å². The summed E-state index contributed by atoms with van der Waals surface area (Å²) in [5, 5.41) is 12.3. The smallest absolute Gasteiger partial charge is 0.113 e. The normalized spacial score (nSPS) is 16.2. The molecular formula is C10H17NOS. The summed E-state index contributed by atoms with van der Waals surface area (Å²) in [5.41, 5.74) is 5.91. The summed E-state index contributed by atoms with van der Waals surface area (Å²) in [6, 6.07) is 2.02. The summed E-state index contributed by atoms with van der Waals surface area (Å²) in [7, 11) is 0. The molecule has 13 heavy (non-hydrogen) atoms. The van der Waals surface area contributed by atoms with E-state index in [1.807, 2.05) is 32.2 Å². The van der Waals surface area contributed by atoms with E-state index < -0.39 is 5.60 Å². The highest BCUT2D eigenvalue weighted by atomic mass is 32.1. The minimum Gasteiger partial charge on any atom is -0.383 e. The Morgan fingerprint density at radius 1 is 1.62 bits per heavy atom. The molecule has 1 aromatic rings. The third kappa shape index (κ3) is 1.77. The monoisotopic (exact) mass is 199 g/mol. The number of hydrogen-bond acceptors (Lipinski definition) is 3. The zero-order valence-electron chi connectivity index (χ0n) is 8.37. The first kappa shape index (κ1) is 10.7. The van der Waals surface area contributed by atoms with Crippen LogP contribution in [0.4, 0.5) is 0 Å². The molecule has 3 heteroatoms. The maximum absolute atomic E-state index is 10.3. The highest BCUT2D eigenvalue weighted by molar-refractivity contribution is 7.10. The van der Waals surface area contributed by atoms with E-state index in [0.29, 0.717) is 0 Å². The Bertz CT molecular complexity index is 282. The van der Waals surface area contributed by atoms with Crippen molar-refractivity contribution in [2.24, 2.45) is 11.7 Å². The maximum atomic E-state index is 10.3. The number of aliphatic hydroxyl groups is 1. The molecular weight excluding hydrogens is 182 g/mol. The molecule has 1 atom stereocenters. The molecule has 3 N–H and O–H groups in total. The quantitative estimate of drug-likeness (QED) is 0.780. The Kier molecular flexibility index (Phi) is 3.11. The van der Waals surface area contributed by atoms with Gasteiger partial charge in [-0.1, -0.05) is 13.8 Å². The molecule has 1 unspecified atom stereocenters. The fraction of sp³-hybridized carbons (Fsp3) is 0.600. The van der Waals surface area contributed by atoms with Crippen molar-refractivity contribution in [3.8, 4) is 0 Å². The van der Waals surface area contributed by atoms with Crippen molar-refractivity contribution in [2.75, 3.05) is 6.54 Å². The Labute approximate surface area is 83.4 Å². The van der Waals surface area contributed by atoms with E-state index in [-0.39, 0.29) is 12.5 Å². The lowest BCUT2D eigenvalue weighted by molar-refractivity contribution is 0.00188. The molecule has 0 aliphatic heterocycles. The second-order valence-electron chi connectivity index (χ2n) is 3.72. The average molecular weight is 199 g/mol. The molecule has 1 aromatic heterocycles. The van der Waals surface area contributed by atoms with E-state index in [2.05, 4.69) is 0 Å². The van der Waals surface area contributed by atoms with Gasteiger partial charge in [0.25, 0.3) is 0 Å². The van der Waals surface area contributed by atoms with Gasteiger partial charge in [-0.2, -0.15) is 0 Å². The van der Waals surface area contributed by atoms with E-state index in [0.717, 1.165) is 10.4 Å². The second-order valence-corrected chi connectivity index (χ2v) is 4.63. The minimum absolute atomic E-state index is 0.148. The lowest BCUT2D eigenvalue weighted by Crippen LogP contribution is -2.39. The molecule has 0 aliphatic carbocycles. The Hall–Kier alpha value is -0.380. The van der Waals surface area contributed by atoms with E-state index in [4.69, 9.17) is 5.73 Å². The first-order valence-corrected chi connectivity index (χ1v) is 5.37. The van der Waals surface area contributed by atoms with Crippen LogP contribution in [0.2, 0.25) is 0 Å². The van der Waals surface area contributed by atoms with Gasteiger partial charge in [0.05, 0.1) is 0 Å². The van der Waals surface area contributed by atoms with Crippen LogP contribution in [0.3, 0.4) is 0 Å². The average Bonchev–Trinajstić information content (AvgIpc) is 2.50. The Morgan fingerprint density at radius 3 is 2.54 bits per heavy atom. The van der Waals surface area contributed by atoms with Gasteiger partial charge in [-0.15, -0.1) is 11.3 Å². The molecule has 74 valence electrons. The Morgan fingerprint density at radius 2 is 2.23 bits per heavy atom.